The van der Waals surface area contributed by atoms with Gasteiger partial charge >= 0.3 is 0 Å². The van der Waals surface area contributed by atoms with Crippen LogP contribution in [0, 0.1) is 13.8 Å². The van der Waals surface area contributed by atoms with E-state index in [1.807, 2.05) is 37.3 Å². The minimum absolute atomic E-state index is 0.752. The van der Waals surface area contributed by atoms with Crippen molar-refractivity contribution in [2.75, 3.05) is 0 Å². The van der Waals surface area contributed by atoms with Crippen molar-refractivity contribution in [2.45, 2.75) is 20.8 Å². The van der Waals surface area contributed by atoms with Crippen LogP contribution >= 0.6 is 0 Å². The third-order valence-corrected chi connectivity index (χ3v) is 2.81. The van der Waals surface area contributed by atoms with E-state index in [9.17, 15) is 0 Å². The van der Waals surface area contributed by atoms with Crippen molar-refractivity contribution in [2.24, 2.45) is 5.16 Å². The molecule has 0 radical (unpaired) electrons. The molecular weight excluding hydrogens is 222 g/mol. The lowest BCUT2D eigenvalue weighted by molar-refractivity contribution is 0.341. The lowest BCUT2D eigenvalue weighted by Crippen LogP contribution is -2.01. The molecule has 0 bridgehead atoms. The van der Waals surface area contributed by atoms with E-state index in [0.717, 1.165) is 17.0 Å². The monoisotopic (exact) mass is 239 g/mol. The highest BCUT2D eigenvalue weighted by atomic mass is 16.6. The van der Waals surface area contributed by atoms with Crippen molar-refractivity contribution in [3.8, 4) is 5.75 Å². The summed E-state index contributed by atoms with van der Waals surface area (Å²) in [4.78, 5) is 5.41. The number of hydrogen-bond donors (Lipinski definition) is 0. The van der Waals surface area contributed by atoms with Crippen LogP contribution in [0.4, 0.5) is 0 Å². The zero-order valence-corrected chi connectivity index (χ0v) is 11.0. The summed E-state index contributed by atoms with van der Waals surface area (Å²) in [6, 6.07) is 15.9. The molecular formula is C16H17NO. The molecule has 0 amide bonds. The highest BCUT2D eigenvalue weighted by Crippen LogP contribution is 2.13. The summed E-state index contributed by atoms with van der Waals surface area (Å²) < 4.78 is 0. The fourth-order valence-electron chi connectivity index (χ4n) is 1.78. The van der Waals surface area contributed by atoms with Crippen molar-refractivity contribution in [3.63, 3.8) is 0 Å². The molecule has 0 saturated carbocycles. The predicted octanol–water partition coefficient (Wildman–Crippen LogP) is 4.11. The lowest BCUT2D eigenvalue weighted by Gasteiger charge is -2.06. The highest BCUT2D eigenvalue weighted by molar-refractivity contribution is 5.99. The van der Waals surface area contributed by atoms with Crippen LogP contribution in [0.1, 0.15) is 23.6 Å². The molecule has 2 nitrogen and oxygen atoms in total. The summed E-state index contributed by atoms with van der Waals surface area (Å²) in [6.07, 6.45) is 0. The van der Waals surface area contributed by atoms with Crippen molar-refractivity contribution in [1.82, 2.24) is 0 Å². The minimum Gasteiger partial charge on any atom is -0.357 e. The Hall–Kier alpha value is -2.09. The zero-order chi connectivity index (χ0) is 13.0. The second-order valence-corrected chi connectivity index (χ2v) is 4.40. The van der Waals surface area contributed by atoms with E-state index in [-0.39, 0.29) is 0 Å². The molecule has 0 saturated heterocycles. The molecule has 92 valence electrons. The van der Waals surface area contributed by atoms with Gasteiger partial charge in [0.25, 0.3) is 0 Å². The van der Waals surface area contributed by atoms with Gasteiger partial charge in [-0.05, 0) is 44.5 Å². The SMILES string of the molecule is C/C(=N\Oc1ccccc1)c1cc(C)ccc1C. The van der Waals surface area contributed by atoms with E-state index in [4.69, 9.17) is 4.84 Å². The predicted molar refractivity (Wildman–Crippen MR) is 75.2 cm³/mol. The Kier molecular flexibility index (Phi) is 3.78. The second-order valence-electron chi connectivity index (χ2n) is 4.40. The van der Waals surface area contributed by atoms with E-state index in [1.165, 1.54) is 11.1 Å². The first-order chi connectivity index (χ1) is 8.66. The highest BCUT2D eigenvalue weighted by Gasteiger charge is 2.03. The number of nitrogens with zero attached hydrogens (tertiary/aromatic N) is 1. The van der Waals surface area contributed by atoms with Crippen LogP contribution in [0.15, 0.2) is 53.7 Å². The number of oxime groups is 1. The van der Waals surface area contributed by atoms with Crippen LogP contribution in [-0.2, 0) is 0 Å². The molecule has 0 heterocycles. The largest absolute Gasteiger partial charge is 0.357 e. The van der Waals surface area contributed by atoms with Crippen LogP contribution in [0.2, 0.25) is 0 Å². The summed E-state index contributed by atoms with van der Waals surface area (Å²) in [7, 11) is 0. The van der Waals surface area contributed by atoms with Gasteiger partial charge in [-0.25, -0.2) is 0 Å². The molecule has 2 aromatic rings. The van der Waals surface area contributed by atoms with Crippen molar-refractivity contribution in [3.05, 3.63) is 65.2 Å². The van der Waals surface area contributed by atoms with Gasteiger partial charge in [0.1, 0.15) is 0 Å². The first-order valence-corrected chi connectivity index (χ1v) is 6.01. The van der Waals surface area contributed by atoms with Crippen LogP contribution in [0.25, 0.3) is 0 Å². The molecule has 2 aromatic carbocycles. The summed E-state index contributed by atoms with van der Waals surface area (Å²) in [5.41, 5.74) is 4.45. The van der Waals surface area contributed by atoms with Crippen molar-refractivity contribution < 1.29 is 4.84 Å². The average Bonchev–Trinajstić information content (AvgIpc) is 2.40. The Balaban J connectivity index is 2.20. The third-order valence-electron chi connectivity index (χ3n) is 2.81. The Morgan fingerprint density at radius 3 is 2.44 bits per heavy atom. The van der Waals surface area contributed by atoms with Crippen molar-refractivity contribution >= 4 is 5.71 Å². The fraction of sp³-hybridized carbons (Fsp3) is 0.188. The molecule has 0 unspecified atom stereocenters. The smallest absolute Gasteiger partial charge is 0.157 e. The molecule has 0 N–H and O–H groups in total. The number of aryl methyl sites for hydroxylation is 2. The van der Waals surface area contributed by atoms with Crippen LogP contribution in [-0.4, -0.2) is 5.71 Å². The van der Waals surface area contributed by atoms with Crippen LogP contribution in [0.3, 0.4) is 0 Å². The van der Waals surface area contributed by atoms with Gasteiger partial charge < -0.3 is 4.84 Å². The summed E-state index contributed by atoms with van der Waals surface area (Å²) in [5.74, 6) is 0.752. The Morgan fingerprint density at radius 1 is 1.00 bits per heavy atom. The van der Waals surface area contributed by atoms with E-state index in [1.54, 1.807) is 0 Å². The average molecular weight is 239 g/mol. The van der Waals surface area contributed by atoms with Gasteiger partial charge in [-0.2, -0.15) is 0 Å². The quantitative estimate of drug-likeness (QED) is 0.583. The number of hydrogen-bond acceptors (Lipinski definition) is 2. The first-order valence-electron chi connectivity index (χ1n) is 6.01. The Bertz CT molecular complexity index is 559. The molecule has 18 heavy (non-hydrogen) atoms. The van der Waals surface area contributed by atoms with Gasteiger partial charge in [0, 0.05) is 5.56 Å². The molecule has 0 aliphatic carbocycles. The Labute approximate surface area is 108 Å². The molecule has 0 atom stereocenters. The molecule has 0 aliphatic heterocycles. The minimum atomic E-state index is 0.752. The van der Waals surface area contributed by atoms with Gasteiger partial charge in [-0.1, -0.05) is 41.1 Å². The normalized spacial score (nSPS) is 11.4. The van der Waals surface area contributed by atoms with Crippen LogP contribution < -0.4 is 4.84 Å². The number of para-hydroxylation sites is 1. The topological polar surface area (TPSA) is 21.6 Å². The number of rotatable bonds is 3. The first kappa shape index (κ1) is 12.4. The lowest BCUT2D eigenvalue weighted by atomic mass is 10.0. The third kappa shape index (κ3) is 2.98. The maximum Gasteiger partial charge on any atom is 0.157 e. The molecule has 2 heteroatoms. The molecule has 0 fully saturated rings. The van der Waals surface area contributed by atoms with Gasteiger partial charge in [0.05, 0.1) is 5.71 Å². The summed E-state index contributed by atoms with van der Waals surface area (Å²) in [6.45, 7) is 6.12. The molecule has 0 aliphatic rings. The molecule has 0 spiro atoms. The van der Waals surface area contributed by atoms with Gasteiger partial charge in [0.2, 0.25) is 0 Å². The van der Waals surface area contributed by atoms with E-state index in [2.05, 4.69) is 37.2 Å². The zero-order valence-electron chi connectivity index (χ0n) is 11.0. The van der Waals surface area contributed by atoms with Gasteiger partial charge in [-0.3, -0.25) is 0 Å². The maximum atomic E-state index is 5.41. The number of benzene rings is 2. The molecule has 0 aromatic heterocycles. The van der Waals surface area contributed by atoms with E-state index >= 15 is 0 Å². The van der Waals surface area contributed by atoms with E-state index < -0.39 is 0 Å². The Morgan fingerprint density at radius 2 is 1.72 bits per heavy atom. The van der Waals surface area contributed by atoms with Crippen molar-refractivity contribution in [1.29, 1.82) is 0 Å². The fourth-order valence-corrected chi connectivity index (χ4v) is 1.78. The maximum absolute atomic E-state index is 5.41. The van der Waals surface area contributed by atoms with Gasteiger partial charge in [0.15, 0.2) is 5.75 Å². The van der Waals surface area contributed by atoms with Gasteiger partial charge in [-0.15, -0.1) is 0 Å². The molecule has 2 rings (SSSR count). The summed E-state index contributed by atoms with van der Waals surface area (Å²) in [5, 5.41) is 4.18. The summed E-state index contributed by atoms with van der Waals surface area (Å²) >= 11 is 0. The van der Waals surface area contributed by atoms with E-state index in [0.29, 0.717) is 0 Å². The standard InChI is InChI=1S/C16H17NO/c1-12-9-10-13(2)16(11-12)14(3)17-18-15-7-5-4-6-8-15/h4-11H,1-3H3/b17-14+. The second kappa shape index (κ2) is 5.50. The van der Waals surface area contributed by atoms with Crippen LogP contribution in [0.5, 0.6) is 5.75 Å².